The summed E-state index contributed by atoms with van der Waals surface area (Å²) in [6, 6.07) is 7.65. The third-order valence-electron chi connectivity index (χ3n) is 4.38. The van der Waals surface area contributed by atoms with Gasteiger partial charge in [0.15, 0.2) is 0 Å². The van der Waals surface area contributed by atoms with Gasteiger partial charge in [0, 0.05) is 38.2 Å². The summed E-state index contributed by atoms with van der Waals surface area (Å²) in [5, 5.41) is 10.7. The molecule has 2 atom stereocenters. The molecule has 22 heavy (non-hydrogen) atoms. The van der Waals surface area contributed by atoms with Crippen LogP contribution in [0.5, 0.6) is 0 Å². The fourth-order valence-corrected chi connectivity index (χ4v) is 3.09. The van der Waals surface area contributed by atoms with Crippen LogP contribution in [-0.2, 0) is 6.54 Å². The zero-order valence-electron chi connectivity index (χ0n) is 12.3. The highest BCUT2D eigenvalue weighted by atomic mass is 19.1. The highest BCUT2D eigenvalue weighted by Crippen LogP contribution is 2.17. The summed E-state index contributed by atoms with van der Waals surface area (Å²) >= 11 is 0. The predicted octanol–water partition coefficient (Wildman–Crippen LogP) is 0.392. The highest BCUT2D eigenvalue weighted by molar-refractivity contribution is 5.78. The van der Waals surface area contributed by atoms with Crippen molar-refractivity contribution in [3.05, 3.63) is 46.5 Å². The minimum atomic E-state index is -0.410. The molecule has 118 valence electrons. The first kappa shape index (κ1) is 15.1. The molecule has 2 aromatic rings. The van der Waals surface area contributed by atoms with Crippen LogP contribution in [0.15, 0.2) is 35.1 Å². The molecule has 0 unspecified atom stereocenters. The summed E-state index contributed by atoms with van der Waals surface area (Å²) in [5.74, 6) is -0.270. The van der Waals surface area contributed by atoms with Crippen LogP contribution in [0.2, 0.25) is 0 Å². The average molecular weight is 305 g/mol. The number of nitrogens with two attached hydrogens (primary N) is 1. The Bertz CT molecular complexity index is 731. The van der Waals surface area contributed by atoms with Crippen molar-refractivity contribution in [2.24, 2.45) is 11.7 Å². The summed E-state index contributed by atoms with van der Waals surface area (Å²) in [6.45, 7) is 2.84. The molecule has 0 radical (unpaired) electrons. The van der Waals surface area contributed by atoms with E-state index in [1.807, 2.05) is 0 Å². The smallest absolute Gasteiger partial charge is 0.251 e. The summed E-state index contributed by atoms with van der Waals surface area (Å²) in [7, 11) is 0. The summed E-state index contributed by atoms with van der Waals surface area (Å²) in [5.41, 5.74) is 6.08. The van der Waals surface area contributed by atoms with Crippen molar-refractivity contribution in [3.63, 3.8) is 0 Å². The van der Waals surface area contributed by atoms with E-state index in [0.29, 0.717) is 31.7 Å². The molecule has 2 heterocycles. The van der Waals surface area contributed by atoms with Gasteiger partial charge in [-0.15, -0.1) is 0 Å². The molecule has 0 bridgehead atoms. The Hall–Kier alpha value is -1.76. The zero-order valence-corrected chi connectivity index (χ0v) is 12.3. The molecule has 0 aliphatic carbocycles. The molecular weight excluding hydrogens is 285 g/mol. The topological polar surface area (TPSA) is 71.5 Å². The van der Waals surface area contributed by atoms with Crippen molar-refractivity contribution in [3.8, 4) is 0 Å². The van der Waals surface area contributed by atoms with Gasteiger partial charge in [0.05, 0.1) is 11.6 Å². The molecule has 3 N–H and O–H groups in total. The van der Waals surface area contributed by atoms with Crippen LogP contribution in [0.3, 0.4) is 0 Å². The average Bonchev–Trinajstić information content (AvgIpc) is 2.86. The number of rotatable bonds is 4. The fourth-order valence-electron chi connectivity index (χ4n) is 3.09. The third-order valence-corrected chi connectivity index (χ3v) is 4.38. The number of β-amino-alcohol motifs (C(OH)–C–C–N with tert-alkyl or cyclic N) is 1. The number of aliphatic hydroxyl groups excluding tert-OH is 1. The normalized spacial score (nSPS) is 22.5. The number of halogens is 1. The lowest BCUT2D eigenvalue weighted by molar-refractivity contribution is 0.144. The number of benzene rings is 1. The van der Waals surface area contributed by atoms with E-state index in [4.69, 9.17) is 5.73 Å². The monoisotopic (exact) mass is 305 g/mol. The van der Waals surface area contributed by atoms with E-state index in [-0.39, 0.29) is 17.3 Å². The van der Waals surface area contributed by atoms with E-state index in [2.05, 4.69) is 4.90 Å². The fraction of sp³-hybridized carbons (Fsp3) is 0.438. The number of pyridine rings is 1. The molecule has 1 aliphatic heterocycles. The van der Waals surface area contributed by atoms with Gasteiger partial charge in [-0.3, -0.25) is 9.69 Å². The Balaban J connectivity index is 1.81. The Morgan fingerprint density at radius 1 is 1.23 bits per heavy atom. The van der Waals surface area contributed by atoms with Crippen molar-refractivity contribution >= 4 is 10.9 Å². The second-order valence-corrected chi connectivity index (χ2v) is 5.85. The second kappa shape index (κ2) is 6.16. The molecule has 6 heteroatoms. The SMILES string of the molecule is NC[C@@H]1CN(CCn2c(=O)ccc3ccc(F)cc32)C[C@@H]1O. The number of hydrogen-bond acceptors (Lipinski definition) is 4. The minimum Gasteiger partial charge on any atom is -0.391 e. The number of nitrogens with zero attached hydrogens (tertiary/aromatic N) is 2. The van der Waals surface area contributed by atoms with E-state index in [9.17, 15) is 14.3 Å². The molecule has 1 aliphatic rings. The summed E-state index contributed by atoms with van der Waals surface area (Å²) in [4.78, 5) is 14.2. The quantitative estimate of drug-likeness (QED) is 0.857. The van der Waals surface area contributed by atoms with E-state index in [1.54, 1.807) is 16.7 Å². The van der Waals surface area contributed by atoms with Gasteiger partial charge in [-0.1, -0.05) is 0 Å². The van der Waals surface area contributed by atoms with Crippen molar-refractivity contribution in [2.45, 2.75) is 12.6 Å². The number of likely N-dealkylation sites (tertiary alicyclic amines) is 1. The Morgan fingerprint density at radius 3 is 2.73 bits per heavy atom. The maximum absolute atomic E-state index is 13.5. The molecule has 5 nitrogen and oxygen atoms in total. The first-order valence-corrected chi connectivity index (χ1v) is 7.48. The zero-order chi connectivity index (χ0) is 15.7. The van der Waals surface area contributed by atoms with Gasteiger partial charge in [-0.05, 0) is 36.2 Å². The van der Waals surface area contributed by atoms with Crippen LogP contribution in [0.1, 0.15) is 0 Å². The lowest BCUT2D eigenvalue weighted by Crippen LogP contribution is -2.30. The van der Waals surface area contributed by atoms with Crippen molar-refractivity contribution in [1.29, 1.82) is 0 Å². The van der Waals surface area contributed by atoms with Crippen LogP contribution < -0.4 is 11.3 Å². The maximum Gasteiger partial charge on any atom is 0.251 e. The number of hydrogen-bond donors (Lipinski definition) is 2. The van der Waals surface area contributed by atoms with Gasteiger partial charge in [0.25, 0.3) is 5.56 Å². The molecule has 0 saturated carbocycles. The predicted molar refractivity (Wildman–Crippen MR) is 83.2 cm³/mol. The summed E-state index contributed by atoms with van der Waals surface area (Å²) in [6.07, 6.45) is -0.410. The highest BCUT2D eigenvalue weighted by Gasteiger charge is 2.29. The molecule has 0 amide bonds. The van der Waals surface area contributed by atoms with Crippen LogP contribution in [0.4, 0.5) is 4.39 Å². The van der Waals surface area contributed by atoms with Gasteiger partial charge in [-0.25, -0.2) is 4.39 Å². The standard InChI is InChI=1S/C16H20FN3O2/c17-13-3-1-11-2-4-16(22)20(14(11)7-13)6-5-19-9-12(8-18)15(21)10-19/h1-4,7,12,15,21H,5-6,8-10,18H2/t12-,15+/m1/s1. The largest absolute Gasteiger partial charge is 0.391 e. The van der Waals surface area contributed by atoms with E-state index >= 15 is 0 Å². The molecule has 1 aromatic carbocycles. The van der Waals surface area contributed by atoms with Crippen LogP contribution in [0.25, 0.3) is 10.9 Å². The molecule has 1 aromatic heterocycles. The van der Waals surface area contributed by atoms with E-state index in [0.717, 1.165) is 11.9 Å². The molecule has 1 fully saturated rings. The Labute approximate surface area is 127 Å². The van der Waals surface area contributed by atoms with Crippen molar-refractivity contribution in [1.82, 2.24) is 9.47 Å². The number of aromatic nitrogens is 1. The molecule has 3 rings (SSSR count). The maximum atomic E-state index is 13.5. The summed E-state index contributed by atoms with van der Waals surface area (Å²) < 4.78 is 15.0. The van der Waals surface area contributed by atoms with Crippen LogP contribution >= 0.6 is 0 Å². The van der Waals surface area contributed by atoms with Gasteiger partial charge < -0.3 is 15.4 Å². The number of fused-ring (bicyclic) bond motifs is 1. The Kier molecular flexibility index (Phi) is 4.24. The van der Waals surface area contributed by atoms with Crippen molar-refractivity contribution < 1.29 is 9.50 Å². The van der Waals surface area contributed by atoms with Crippen molar-refractivity contribution in [2.75, 3.05) is 26.2 Å². The first-order valence-electron chi connectivity index (χ1n) is 7.48. The van der Waals surface area contributed by atoms with Gasteiger partial charge >= 0.3 is 0 Å². The first-order chi connectivity index (χ1) is 10.6. The number of aliphatic hydroxyl groups is 1. The lowest BCUT2D eigenvalue weighted by atomic mass is 10.1. The van der Waals surface area contributed by atoms with E-state index in [1.165, 1.54) is 18.2 Å². The van der Waals surface area contributed by atoms with Crippen LogP contribution in [-0.4, -0.2) is 46.9 Å². The molecule has 1 saturated heterocycles. The van der Waals surface area contributed by atoms with Gasteiger partial charge in [-0.2, -0.15) is 0 Å². The Morgan fingerprint density at radius 2 is 2.00 bits per heavy atom. The second-order valence-electron chi connectivity index (χ2n) is 5.85. The third kappa shape index (κ3) is 2.90. The molecule has 0 spiro atoms. The van der Waals surface area contributed by atoms with Crippen LogP contribution in [0, 0.1) is 11.7 Å². The van der Waals surface area contributed by atoms with E-state index < -0.39 is 6.10 Å². The van der Waals surface area contributed by atoms with Gasteiger partial charge in [0.1, 0.15) is 5.82 Å². The van der Waals surface area contributed by atoms with Gasteiger partial charge in [0.2, 0.25) is 0 Å². The molecular formula is C16H20FN3O2. The minimum absolute atomic E-state index is 0.0849. The lowest BCUT2D eigenvalue weighted by Gasteiger charge is -2.17.